The van der Waals surface area contributed by atoms with Crippen LogP contribution in [0.25, 0.3) is 0 Å². The largest absolute Gasteiger partial charge is 0.338 e. The van der Waals surface area contributed by atoms with Crippen molar-refractivity contribution in [1.82, 2.24) is 15.1 Å². The van der Waals surface area contributed by atoms with E-state index in [1.54, 1.807) is 6.92 Å². The number of rotatable bonds is 6. The number of hydrogen-bond acceptors (Lipinski definition) is 2. The van der Waals surface area contributed by atoms with Gasteiger partial charge in [0.15, 0.2) is 23.3 Å². The van der Waals surface area contributed by atoms with Crippen molar-refractivity contribution in [1.29, 1.82) is 0 Å². The fourth-order valence-electron chi connectivity index (χ4n) is 2.51. The van der Waals surface area contributed by atoms with Crippen LogP contribution in [-0.4, -0.2) is 22.4 Å². The number of aryl methyl sites for hydroxylation is 1. The van der Waals surface area contributed by atoms with Gasteiger partial charge in [-0.15, -0.1) is 0 Å². The molecule has 5 nitrogen and oxygen atoms in total. The summed E-state index contributed by atoms with van der Waals surface area (Å²) in [5.41, 5.74) is -0.0621. The van der Waals surface area contributed by atoms with E-state index in [1.165, 1.54) is 6.92 Å². The molecule has 2 rings (SSSR count). The molecule has 0 fully saturated rings. The van der Waals surface area contributed by atoms with Gasteiger partial charge in [0.2, 0.25) is 5.82 Å². The molecule has 1 heterocycles. The van der Waals surface area contributed by atoms with E-state index in [9.17, 15) is 26.7 Å². The minimum absolute atomic E-state index is 0.299. The van der Waals surface area contributed by atoms with Gasteiger partial charge in [-0.25, -0.2) is 26.7 Å². The standard InChI is InChI=1S/C17H19F5N4O/c1-4-5-6-23-17(27)24-16-8(2)25-26(9(16)3)7-10-11(18)13(20)15(22)14(21)12(10)19/h4-7H2,1-3H3,(H2,23,24,27). The summed E-state index contributed by atoms with van der Waals surface area (Å²) in [6, 6.07) is -0.481. The number of amides is 2. The Balaban J connectivity index is 2.29. The molecule has 0 spiro atoms. The first-order chi connectivity index (χ1) is 12.7. The van der Waals surface area contributed by atoms with E-state index in [2.05, 4.69) is 15.7 Å². The number of carbonyl (C=O) groups excluding carboxylic acids is 1. The fourth-order valence-corrected chi connectivity index (χ4v) is 2.51. The lowest BCUT2D eigenvalue weighted by Crippen LogP contribution is -2.29. The molecule has 0 radical (unpaired) electrons. The van der Waals surface area contributed by atoms with Gasteiger partial charge in [-0.05, 0) is 20.3 Å². The average Bonchev–Trinajstić information content (AvgIpc) is 2.89. The summed E-state index contributed by atoms with van der Waals surface area (Å²) >= 11 is 0. The van der Waals surface area contributed by atoms with Crippen LogP contribution in [0.2, 0.25) is 0 Å². The molecule has 148 valence electrons. The average molecular weight is 390 g/mol. The number of urea groups is 1. The number of hydrogen-bond donors (Lipinski definition) is 2. The van der Waals surface area contributed by atoms with Gasteiger partial charge in [-0.2, -0.15) is 5.10 Å². The third-order valence-corrected chi connectivity index (χ3v) is 4.04. The highest BCUT2D eigenvalue weighted by Crippen LogP contribution is 2.26. The van der Waals surface area contributed by atoms with Crippen LogP contribution in [0, 0.1) is 42.9 Å². The zero-order valence-corrected chi connectivity index (χ0v) is 15.0. The lowest BCUT2D eigenvalue weighted by atomic mass is 10.1. The van der Waals surface area contributed by atoms with E-state index in [1.807, 2.05) is 6.92 Å². The number of benzene rings is 1. The van der Waals surface area contributed by atoms with Crippen LogP contribution in [0.3, 0.4) is 0 Å². The fraction of sp³-hybridized carbons (Fsp3) is 0.412. The van der Waals surface area contributed by atoms with Gasteiger partial charge in [0, 0.05) is 6.54 Å². The maximum atomic E-state index is 13.9. The molecule has 0 atom stereocenters. The van der Waals surface area contributed by atoms with E-state index in [0.717, 1.165) is 17.5 Å². The molecule has 1 aromatic heterocycles. The van der Waals surface area contributed by atoms with Gasteiger partial charge in [0.1, 0.15) is 0 Å². The summed E-state index contributed by atoms with van der Waals surface area (Å²) in [7, 11) is 0. The smallest absolute Gasteiger partial charge is 0.319 e. The van der Waals surface area contributed by atoms with Gasteiger partial charge in [0.05, 0.1) is 29.2 Å². The molecule has 1 aromatic carbocycles. The van der Waals surface area contributed by atoms with E-state index in [-0.39, 0.29) is 0 Å². The number of unbranched alkanes of at least 4 members (excludes halogenated alkanes) is 1. The van der Waals surface area contributed by atoms with Crippen molar-refractivity contribution in [2.45, 2.75) is 40.2 Å². The molecule has 0 aliphatic rings. The molecule has 2 N–H and O–H groups in total. The van der Waals surface area contributed by atoms with E-state index >= 15 is 0 Å². The van der Waals surface area contributed by atoms with Crippen molar-refractivity contribution in [2.75, 3.05) is 11.9 Å². The Kier molecular flexibility index (Phi) is 6.40. The Morgan fingerprint density at radius 1 is 1.00 bits per heavy atom. The second-order valence-electron chi connectivity index (χ2n) is 5.99. The van der Waals surface area contributed by atoms with Crippen molar-refractivity contribution in [3.63, 3.8) is 0 Å². The first kappa shape index (κ1) is 20.7. The number of anilines is 1. The predicted molar refractivity (Wildman–Crippen MR) is 89.0 cm³/mol. The second kappa shape index (κ2) is 8.36. The highest BCUT2D eigenvalue weighted by atomic mass is 19.2. The molecule has 0 bridgehead atoms. The van der Waals surface area contributed by atoms with Crippen LogP contribution < -0.4 is 10.6 Å². The SMILES string of the molecule is CCCCNC(=O)Nc1c(C)nn(Cc2c(F)c(F)c(F)c(F)c2F)c1C. The minimum atomic E-state index is -2.21. The predicted octanol–water partition coefficient (Wildman–Crippen LogP) is 4.17. The van der Waals surface area contributed by atoms with E-state index < -0.39 is 47.2 Å². The van der Waals surface area contributed by atoms with Crippen molar-refractivity contribution >= 4 is 11.7 Å². The van der Waals surface area contributed by atoms with Gasteiger partial charge in [-0.3, -0.25) is 4.68 Å². The topological polar surface area (TPSA) is 59.0 Å². The summed E-state index contributed by atoms with van der Waals surface area (Å²) in [6.07, 6.45) is 1.70. The summed E-state index contributed by atoms with van der Waals surface area (Å²) in [5, 5.41) is 9.23. The zero-order chi connectivity index (χ0) is 20.3. The molecule has 10 heteroatoms. The molecule has 0 saturated carbocycles. The zero-order valence-electron chi connectivity index (χ0n) is 15.0. The monoisotopic (exact) mass is 390 g/mol. The van der Waals surface area contributed by atoms with Crippen LogP contribution in [0.15, 0.2) is 0 Å². The van der Waals surface area contributed by atoms with E-state index in [4.69, 9.17) is 0 Å². The number of aromatic nitrogens is 2. The molecule has 2 aromatic rings. The van der Waals surface area contributed by atoms with Crippen LogP contribution in [0.1, 0.15) is 36.7 Å². The molecule has 0 aliphatic heterocycles. The molecule has 2 amide bonds. The van der Waals surface area contributed by atoms with Gasteiger partial charge in [0.25, 0.3) is 0 Å². The molecule has 0 unspecified atom stereocenters. The quantitative estimate of drug-likeness (QED) is 0.337. The van der Waals surface area contributed by atoms with Crippen molar-refractivity contribution in [2.24, 2.45) is 0 Å². The first-order valence-electron chi connectivity index (χ1n) is 8.28. The van der Waals surface area contributed by atoms with Crippen molar-refractivity contribution in [3.8, 4) is 0 Å². The molecule has 27 heavy (non-hydrogen) atoms. The minimum Gasteiger partial charge on any atom is -0.338 e. The van der Waals surface area contributed by atoms with Crippen molar-refractivity contribution in [3.05, 3.63) is 46.0 Å². The molecule has 0 aliphatic carbocycles. The van der Waals surface area contributed by atoms with Gasteiger partial charge in [-0.1, -0.05) is 13.3 Å². The van der Waals surface area contributed by atoms with Gasteiger partial charge < -0.3 is 10.6 Å². The van der Waals surface area contributed by atoms with Crippen LogP contribution in [0.5, 0.6) is 0 Å². The van der Waals surface area contributed by atoms with Gasteiger partial charge >= 0.3 is 6.03 Å². The lowest BCUT2D eigenvalue weighted by molar-refractivity contribution is 0.252. The summed E-state index contributed by atoms with van der Waals surface area (Å²) in [6.45, 7) is 4.81. The summed E-state index contributed by atoms with van der Waals surface area (Å²) < 4.78 is 68.7. The summed E-state index contributed by atoms with van der Waals surface area (Å²) in [4.78, 5) is 11.9. The number of carbonyl (C=O) groups is 1. The highest BCUT2D eigenvalue weighted by molar-refractivity contribution is 5.90. The normalized spacial score (nSPS) is 11.0. The second-order valence-corrected chi connectivity index (χ2v) is 5.99. The Hall–Kier alpha value is -2.65. The maximum Gasteiger partial charge on any atom is 0.319 e. The number of nitrogens with zero attached hydrogens (tertiary/aromatic N) is 2. The molecular weight excluding hydrogens is 371 g/mol. The highest BCUT2D eigenvalue weighted by Gasteiger charge is 2.26. The number of halogens is 5. The molecule has 0 saturated heterocycles. The lowest BCUT2D eigenvalue weighted by Gasteiger charge is -2.10. The Morgan fingerprint density at radius 3 is 2.11 bits per heavy atom. The maximum absolute atomic E-state index is 13.9. The van der Waals surface area contributed by atoms with Crippen LogP contribution >= 0.6 is 0 Å². The van der Waals surface area contributed by atoms with Crippen LogP contribution in [0.4, 0.5) is 32.4 Å². The number of nitrogens with one attached hydrogen (secondary N) is 2. The summed E-state index contributed by atoms with van der Waals surface area (Å²) in [5.74, 6) is -10.1. The Labute approximate surface area is 152 Å². The van der Waals surface area contributed by atoms with Crippen LogP contribution in [-0.2, 0) is 6.54 Å². The first-order valence-corrected chi connectivity index (χ1v) is 8.28. The van der Waals surface area contributed by atoms with Crippen molar-refractivity contribution < 1.29 is 26.7 Å². The third-order valence-electron chi connectivity index (χ3n) is 4.04. The molecular formula is C17H19F5N4O. The third kappa shape index (κ3) is 4.20. The Morgan fingerprint density at radius 2 is 1.56 bits per heavy atom. The Bertz CT molecular complexity index is 837. The van der Waals surface area contributed by atoms with E-state index in [0.29, 0.717) is 23.6 Å².